The van der Waals surface area contributed by atoms with Crippen LogP contribution in [0, 0.1) is 11.2 Å². The Kier molecular flexibility index (Phi) is 2.70. The number of hydrogen-bond donors (Lipinski definition) is 1. The van der Waals surface area contributed by atoms with Crippen LogP contribution in [0.5, 0.6) is 0 Å². The van der Waals surface area contributed by atoms with E-state index in [1.807, 2.05) is 0 Å². The van der Waals surface area contributed by atoms with Gasteiger partial charge in [-0.1, -0.05) is 17.7 Å². The summed E-state index contributed by atoms with van der Waals surface area (Å²) in [6, 6.07) is 8.04. The van der Waals surface area contributed by atoms with Gasteiger partial charge in [-0.15, -0.1) is 0 Å². The van der Waals surface area contributed by atoms with Crippen LogP contribution in [0.1, 0.15) is 11.1 Å². The molecule has 0 unspecified atom stereocenters. The summed E-state index contributed by atoms with van der Waals surface area (Å²) in [6.45, 7) is 0.477. The Labute approximate surface area is 128 Å². The Morgan fingerprint density at radius 1 is 1.24 bits per heavy atom. The third-order valence-electron chi connectivity index (χ3n) is 3.55. The molecule has 21 heavy (non-hydrogen) atoms. The van der Waals surface area contributed by atoms with Crippen molar-refractivity contribution in [2.75, 3.05) is 4.90 Å². The van der Waals surface area contributed by atoms with Gasteiger partial charge in [0.15, 0.2) is 0 Å². The summed E-state index contributed by atoms with van der Waals surface area (Å²) in [5.74, 6) is -0.119. The van der Waals surface area contributed by atoms with Gasteiger partial charge in [-0.25, -0.2) is 4.39 Å². The van der Waals surface area contributed by atoms with E-state index in [4.69, 9.17) is 17.0 Å². The molecule has 0 aliphatic carbocycles. The summed E-state index contributed by atoms with van der Waals surface area (Å²) in [6.07, 6.45) is 0. The lowest BCUT2D eigenvalue weighted by Crippen LogP contribution is -2.23. The zero-order chi connectivity index (χ0) is 14.6. The number of hydrogen-bond acceptors (Lipinski definition) is 4. The highest BCUT2D eigenvalue weighted by atomic mass is 35.5. The van der Waals surface area contributed by atoms with Gasteiger partial charge in [0.25, 0.3) is 0 Å². The number of benzene rings is 2. The molecule has 0 radical (unpaired) electrons. The number of amidine groups is 1. The molecule has 7 heteroatoms. The molecule has 4 rings (SSSR count). The van der Waals surface area contributed by atoms with E-state index in [0.717, 1.165) is 22.8 Å². The maximum atomic E-state index is 13.4. The highest BCUT2D eigenvalue weighted by molar-refractivity contribution is 7.00. The second kappa shape index (κ2) is 4.47. The summed E-state index contributed by atoms with van der Waals surface area (Å²) in [5, 5.41) is 8.81. The number of anilines is 1. The molecule has 1 N–H and O–H groups in total. The van der Waals surface area contributed by atoms with Gasteiger partial charge >= 0.3 is 0 Å². The molecular weight excluding hydrogens is 311 g/mol. The maximum absolute atomic E-state index is 13.4. The van der Waals surface area contributed by atoms with Gasteiger partial charge in [-0.05, 0) is 29.8 Å². The molecule has 0 atom stereocenters. The molecule has 1 aliphatic rings. The summed E-state index contributed by atoms with van der Waals surface area (Å²) < 4.78 is 21.9. The minimum absolute atomic E-state index is 0.229. The Balaban J connectivity index is 1.90. The van der Waals surface area contributed by atoms with Crippen LogP contribution < -0.4 is 4.90 Å². The van der Waals surface area contributed by atoms with Gasteiger partial charge < -0.3 is 4.90 Å². The molecule has 2 heterocycles. The summed E-state index contributed by atoms with van der Waals surface area (Å²) in [5.41, 5.74) is 3.56. The number of rotatable bonds is 1. The van der Waals surface area contributed by atoms with Crippen molar-refractivity contribution in [3.63, 3.8) is 0 Å². The maximum Gasteiger partial charge on any atom is 0.133 e. The highest BCUT2D eigenvalue weighted by Crippen LogP contribution is 2.38. The van der Waals surface area contributed by atoms with Gasteiger partial charge in [0, 0.05) is 5.56 Å². The van der Waals surface area contributed by atoms with Crippen molar-refractivity contribution in [3.05, 3.63) is 52.3 Å². The third kappa shape index (κ3) is 1.83. The first-order chi connectivity index (χ1) is 10.1. The molecule has 0 saturated heterocycles. The van der Waals surface area contributed by atoms with Crippen LogP contribution in [0.2, 0.25) is 5.02 Å². The van der Waals surface area contributed by atoms with Crippen LogP contribution in [-0.4, -0.2) is 14.6 Å². The normalized spacial score (nSPS) is 14.0. The molecule has 4 nitrogen and oxygen atoms in total. The molecule has 1 aliphatic heterocycles. The van der Waals surface area contributed by atoms with Crippen LogP contribution in [0.4, 0.5) is 10.1 Å². The van der Waals surface area contributed by atoms with Crippen molar-refractivity contribution in [2.45, 2.75) is 6.54 Å². The first-order valence-electron chi connectivity index (χ1n) is 6.21. The third-order valence-corrected chi connectivity index (χ3v) is 4.39. The highest BCUT2D eigenvalue weighted by Gasteiger charge is 2.29. The Morgan fingerprint density at radius 3 is 2.95 bits per heavy atom. The average molecular weight is 319 g/mol. The fourth-order valence-electron chi connectivity index (χ4n) is 2.56. The standard InChI is InChI=1S/C14H8ClFN4S/c15-10-3-4-11-12(19-21-18-11)13(10)20-6-7-1-2-8(16)5-9(7)14(20)17/h1-5,17H,6H2. The van der Waals surface area contributed by atoms with Crippen LogP contribution in [0.25, 0.3) is 11.0 Å². The van der Waals surface area contributed by atoms with E-state index >= 15 is 0 Å². The van der Waals surface area contributed by atoms with Crippen LogP contribution >= 0.6 is 23.3 Å². The first kappa shape index (κ1) is 12.7. The van der Waals surface area contributed by atoms with E-state index in [1.54, 1.807) is 23.1 Å². The molecule has 3 aromatic rings. The summed E-state index contributed by atoms with van der Waals surface area (Å²) in [4.78, 5) is 1.75. The average Bonchev–Trinajstić information content (AvgIpc) is 3.05. The summed E-state index contributed by atoms with van der Waals surface area (Å²) >= 11 is 7.41. The first-order valence-corrected chi connectivity index (χ1v) is 7.31. The van der Waals surface area contributed by atoms with Crippen LogP contribution in [0.3, 0.4) is 0 Å². The van der Waals surface area contributed by atoms with E-state index < -0.39 is 0 Å². The monoisotopic (exact) mass is 318 g/mol. The van der Waals surface area contributed by atoms with Gasteiger partial charge in [0.2, 0.25) is 0 Å². The Hall–Kier alpha value is -2.05. The zero-order valence-electron chi connectivity index (χ0n) is 10.6. The smallest absolute Gasteiger partial charge is 0.133 e. The molecular formula is C14H8ClFN4S. The predicted molar refractivity (Wildman–Crippen MR) is 81.8 cm³/mol. The number of fused-ring (bicyclic) bond motifs is 2. The Bertz CT molecular complexity index is 892. The van der Waals surface area contributed by atoms with Crippen LogP contribution in [-0.2, 0) is 6.54 Å². The molecule has 0 spiro atoms. The fraction of sp³-hybridized carbons (Fsp3) is 0.0714. The van der Waals surface area contributed by atoms with Crippen molar-refractivity contribution < 1.29 is 4.39 Å². The zero-order valence-corrected chi connectivity index (χ0v) is 12.2. The summed E-state index contributed by atoms with van der Waals surface area (Å²) in [7, 11) is 0. The minimum atomic E-state index is -0.347. The van der Waals surface area contributed by atoms with E-state index in [9.17, 15) is 4.39 Å². The van der Waals surface area contributed by atoms with Crippen LogP contribution in [0.15, 0.2) is 30.3 Å². The number of nitrogens with zero attached hydrogens (tertiary/aromatic N) is 3. The van der Waals surface area contributed by atoms with Gasteiger partial charge in [0.05, 0.1) is 29.0 Å². The Morgan fingerprint density at radius 2 is 2.10 bits per heavy atom. The quantitative estimate of drug-likeness (QED) is 0.742. The largest absolute Gasteiger partial charge is 0.319 e. The number of aromatic nitrogens is 2. The topological polar surface area (TPSA) is 52.9 Å². The molecule has 2 aromatic carbocycles. The van der Waals surface area contributed by atoms with E-state index in [-0.39, 0.29) is 11.7 Å². The minimum Gasteiger partial charge on any atom is -0.319 e. The molecule has 0 bridgehead atoms. The van der Waals surface area contributed by atoms with Gasteiger partial charge in [0.1, 0.15) is 22.7 Å². The lowest BCUT2D eigenvalue weighted by molar-refractivity contribution is 0.627. The molecule has 0 fully saturated rings. The number of halogens is 2. The predicted octanol–water partition coefficient (Wildman–Crippen LogP) is 3.83. The second-order valence-corrected chi connectivity index (χ2v) is 5.70. The lowest BCUT2D eigenvalue weighted by atomic mass is 10.1. The van der Waals surface area contributed by atoms with Gasteiger partial charge in [-0.3, -0.25) is 5.41 Å². The molecule has 1 aromatic heterocycles. The van der Waals surface area contributed by atoms with Crippen molar-refractivity contribution >= 4 is 45.9 Å². The molecule has 104 valence electrons. The van der Waals surface area contributed by atoms with Crippen molar-refractivity contribution in [2.24, 2.45) is 0 Å². The van der Waals surface area contributed by atoms with E-state index in [1.165, 1.54) is 12.1 Å². The van der Waals surface area contributed by atoms with Crippen molar-refractivity contribution in [1.29, 1.82) is 5.41 Å². The van der Waals surface area contributed by atoms with Crippen molar-refractivity contribution in [1.82, 2.24) is 8.75 Å². The number of nitrogens with one attached hydrogen (secondary N) is 1. The molecule has 0 amide bonds. The van der Waals surface area contributed by atoms with Gasteiger partial charge in [-0.2, -0.15) is 8.75 Å². The van der Waals surface area contributed by atoms with E-state index in [0.29, 0.717) is 28.3 Å². The van der Waals surface area contributed by atoms with Crippen molar-refractivity contribution in [3.8, 4) is 0 Å². The fourth-order valence-corrected chi connectivity index (χ4v) is 3.35. The lowest BCUT2D eigenvalue weighted by Gasteiger charge is -2.19. The second-order valence-electron chi connectivity index (χ2n) is 4.76. The molecule has 0 saturated carbocycles. The SMILES string of the molecule is N=C1c2cc(F)ccc2CN1c1c(Cl)ccc2nsnc12. The van der Waals surface area contributed by atoms with E-state index in [2.05, 4.69) is 8.75 Å².